The van der Waals surface area contributed by atoms with Gasteiger partial charge in [-0.1, -0.05) is 32.0 Å². The first kappa shape index (κ1) is 12.2. The number of aromatic amines is 1. The highest BCUT2D eigenvalue weighted by molar-refractivity contribution is 5.87. The van der Waals surface area contributed by atoms with E-state index in [2.05, 4.69) is 44.0 Å². The molecular formula is C15H21NO. The van der Waals surface area contributed by atoms with Gasteiger partial charge in [0.25, 0.3) is 0 Å². The van der Waals surface area contributed by atoms with Crippen molar-refractivity contribution in [1.29, 1.82) is 0 Å². The second-order valence-electron chi connectivity index (χ2n) is 4.98. The molecule has 0 amide bonds. The Balaban J connectivity index is 2.55. The second kappa shape index (κ2) is 4.92. The van der Waals surface area contributed by atoms with Gasteiger partial charge in [0.05, 0.1) is 0 Å². The van der Waals surface area contributed by atoms with Crippen molar-refractivity contribution in [2.24, 2.45) is 0 Å². The fraction of sp³-hybridized carbons (Fsp3) is 0.467. The molecule has 2 nitrogen and oxygen atoms in total. The molecule has 2 rings (SSSR count). The van der Waals surface area contributed by atoms with Crippen LogP contribution in [0, 0.1) is 6.92 Å². The average molecular weight is 231 g/mol. The van der Waals surface area contributed by atoms with Gasteiger partial charge in [0.1, 0.15) is 0 Å². The van der Waals surface area contributed by atoms with E-state index < -0.39 is 0 Å². The Bertz CT molecular complexity index is 511. The summed E-state index contributed by atoms with van der Waals surface area (Å²) in [5, 5.41) is 10.3. The zero-order valence-electron chi connectivity index (χ0n) is 10.9. The number of aryl methyl sites for hydroxylation is 2. The predicted octanol–water partition coefficient (Wildman–Crippen LogP) is 3.52. The highest BCUT2D eigenvalue weighted by atomic mass is 16.2. The van der Waals surface area contributed by atoms with Crippen molar-refractivity contribution in [2.45, 2.75) is 39.5 Å². The van der Waals surface area contributed by atoms with E-state index >= 15 is 0 Å². The molecule has 2 heteroatoms. The Labute approximate surface area is 103 Å². The molecule has 0 aliphatic rings. The van der Waals surface area contributed by atoms with E-state index in [1.165, 1.54) is 27.7 Å². The van der Waals surface area contributed by atoms with Crippen molar-refractivity contribution < 1.29 is 5.11 Å². The standard InChI is InChI=1S/C15H21NO/c1-10(2)12-6-4-7-14-13(8-5-9-17)11(3)16-15(12)14/h4,6-7,10,16-17H,5,8-9H2,1-3H3. The summed E-state index contributed by atoms with van der Waals surface area (Å²) in [7, 11) is 0. The molecule has 0 aliphatic carbocycles. The molecule has 1 aromatic carbocycles. The maximum atomic E-state index is 8.96. The van der Waals surface area contributed by atoms with Gasteiger partial charge in [0.15, 0.2) is 0 Å². The number of rotatable bonds is 4. The van der Waals surface area contributed by atoms with E-state index in [0.717, 1.165) is 12.8 Å². The summed E-state index contributed by atoms with van der Waals surface area (Å²) >= 11 is 0. The zero-order chi connectivity index (χ0) is 12.4. The minimum Gasteiger partial charge on any atom is -0.396 e. The molecule has 17 heavy (non-hydrogen) atoms. The van der Waals surface area contributed by atoms with Gasteiger partial charge < -0.3 is 10.1 Å². The maximum absolute atomic E-state index is 8.96. The van der Waals surface area contributed by atoms with Crippen LogP contribution in [0.2, 0.25) is 0 Å². The molecule has 0 unspecified atom stereocenters. The average Bonchev–Trinajstić information content (AvgIpc) is 2.61. The minimum atomic E-state index is 0.260. The van der Waals surface area contributed by atoms with Crippen molar-refractivity contribution in [3.05, 3.63) is 35.0 Å². The number of nitrogens with one attached hydrogen (secondary N) is 1. The lowest BCUT2D eigenvalue weighted by Gasteiger charge is -2.06. The van der Waals surface area contributed by atoms with Crippen LogP contribution < -0.4 is 0 Å². The fourth-order valence-corrected chi connectivity index (χ4v) is 2.49. The lowest BCUT2D eigenvalue weighted by Crippen LogP contribution is -1.91. The van der Waals surface area contributed by atoms with Gasteiger partial charge in [-0.15, -0.1) is 0 Å². The molecule has 0 spiro atoms. The van der Waals surface area contributed by atoms with Crippen LogP contribution in [0.1, 0.15) is 43.0 Å². The van der Waals surface area contributed by atoms with Crippen molar-refractivity contribution >= 4 is 10.9 Å². The van der Waals surface area contributed by atoms with E-state index in [1.807, 2.05) is 0 Å². The van der Waals surface area contributed by atoms with Crippen molar-refractivity contribution in [1.82, 2.24) is 4.98 Å². The number of H-pyrrole nitrogens is 1. The van der Waals surface area contributed by atoms with Crippen LogP contribution in [-0.2, 0) is 6.42 Å². The molecule has 0 saturated carbocycles. The lowest BCUT2D eigenvalue weighted by molar-refractivity contribution is 0.288. The molecular weight excluding hydrogens is 210 g/mol. The summed E-state index contributed by atoms with van der Waals surface area (Å²) in [4.78, 5) is 3.50. The van der Waals surface area contributed by atoms with Gasteiger partial charge in [0.2, 0.25) is 0 Å². The maximum Gasteiger partial charge on any atom is 0.0494 e. The van der Waals surface area contributed by atoms with E-state index in [0.29, 0.717) is 5.92 Å². The van der Waals surface area contributed by atoms with E-state index in [-0.39, 0.29) is 6.61 Å². The number of fused-ring (bicyclic) bond motifs is 1. The van der Waals surface area contributed by atoms with Gasteiger partial charge in [0, 0.05) is 23.2 Å². The molecule has 92 valence electrons. The molecule has 0 saturated heterocycles. The summed E-state index contributed by atoms with van der Waals surface area (Å²) in [5.41, 5.74) is 5.24. The molecule has 0 bridgehead atoms. The summed E-state index contributed by atoms with van der Waals surface area (Å²) in [6.07, 6.45) is 1.78. The number of aliphatic hydroxyl groups is 1. The quantitative estimate of drug-likeness (QED) is 0.829. The van der Waals surface area contributed by atoms with E-state index in [4.69, 9.17) is 5.11 Å². The van der Waals surface area contributed by atoms with Crippen LogP contribution in [0.3, 0.4) is 0 Å². The van der Waals surface area contributed by atoms with Gasteiger partial charge in [-0.2, -0.15) is 0 Å². The number of hydrogen-bond acceptors (Lipinski definition) is 1. The normalized spacial score (nSPS) is 11.6. The Morgan fingerprint density at radius 3 is 2.71 bits per heavy atom. The number of aliphatic hydroxyl groups excluding tert-OH is 1. The Kier molecular flexibility index (Phi) is 3.53. The van der Waals surface area contributed by atoms with Crippen LogP contribution in [0.15, 0.2) is 18.2 Å². The van der Waals surface area contributed by atoms with Gasteiger partial charge in [-0.3, -0.25) is 0 Å². The third kappa shape index (κ3) is 2.22. The molecule has 0 radical (unpaired) electrons. The van der Waals surface area contributed by atoms with Crippen molar-refractivity contribution in [2.75, 3.05) is 6.61 Å². The summed E-state index contributed by atoms with van der Waals surface area (Å²) in [6, 6.07) is 6.50. The first-order valence-corrected chi connectivity index (χ1v) is 6.36. The van der Waals surface area contributed by atoms with Gasteiger partial charge in [-0.25, -0.2) is 0 Å². The number of benzene rings is 1. The fourth-order valence-electron chi connectivity index (χ4n) is 2.49. The van der Waals surface area contributed by atoms with Crippen LogP contribution >= 0.6 is 0 Å². The highest BCUT2D eigenvalue weighted by Crippen LogP contribution is 2.29. The first-order valence-electron chi connectivity index (χ1n) is 6.36. The number of para-hydroxylation sites is 1. The zero-order valence-corrected chi connectivity index (χ0v) is 10.9. The van der Waals surface area contributed by atoms with Gasteiger partial charge >= 0.3 is 0 Å². The third-order valence-electron chi connectivity index (χ3n) is 3.39. The molecule has 0 fully saturated rings. The third-order valence-corrected chi connectivity index (χ3v) is 3.39. The first-order chi connectivity index (χ1) is 8.15. The molecule has 2 N–H and O–H groups in total. The Hall–Kier alpha value is -1.28. The van der Waals surface area contributed by atoms with Crippen LogP contribution in [0.25, 0.3) is 10.9 Å². The lowest BCUT2D eigenvalue weighted by atomic mass is 9.98. The van der Waals surface area contributed by atoms with Crippen molar-refractivity contribution in [3.8, 4) is 0 Å². The van der Waals surface area contributed by atoms with Crippen LogP contribution in [0.5, 0.6) is 0 Å². The summed E-state index contributed by atoms with van der Waals surface area (Å²) in [6.45, 7) is 6.82. The molecule has 0 aliphatic heterocycles. The molecule has 0 atom stereocenters. The summed E-state index contributed by atoms with van der Waals surface area (Å²) < 4.78 is 0. The van der Waals surface area contributed by atoms with Gasteiger partial charge in [-0.05, 0) is 36.8 Å². The molecule has 1 aromatic heterocycles. The van der Waals surface area contributed by atoms with Crippen LogP contribution in [-0.4, -0.2) is 16.7 Å². The predicted molar refractivity (Wildman–Crippen MR) is 72.5 cm³/mol. The summed E-state index contributed by atoms with van der Waals surface area (Å²) in [5.74, 6) is 0.530. The topological polar surface area (TPSA) is 36.0 Å². The van der Waals surface area contributed by atoms with Crippen molar-refractivity contribution in [3.63, 3.8) is 0 Å². The second-order valence-corrected chi connectivity index (χ2v) is 4.98. The SMILES string of the molecule is Cc1[nH]c2c(C(C)C)cccc2c1CCCO. The largest absolute Gasteiger partial charge is 0.396 e. The Morgan fingerprint density at radius 1 is 1.29 bits per heavy atom. The molecule has 2 aromatic rings. The Morgan fingerprint density at radius 2 is 2.06 bits per heavy atom. The van der Waals surface area contributed by atoms with Crippen LogP contribution in [0.4, 0.5) is 0 Å². The van der Waals surface area contributed by atoms with E-state index in [9.17, 15) is 0 Å². The smallest absolute Gasteiger partial charge is 0.0494 e. The number of hydrogen-bond donors (Lipinski definition) is 2. The monoisotopic (exact) mass is 231 g/mol. The highest BCUT2D eigenvalue weighted by Gasteiger charge is 2.12. The molecule has 1 heterocycles. The van der Waals surface area contributed by atoms with E-state index in [1.54, 1.807) is 0 Å². The minimum absolute atomic E-state index is 0.260. The number of aromatic nitrogens is 1.